The van der Waals surface area contributed by atoms with Gasteiger partial charge < -0.3 is 14.6 Å². The minimum absolute atomic E-state index is 0.148. The van der Waals surface area contributed by atoms with Crippen molar-refractivity contribution in [2.75, 3.05) is 16.8 Å². The fraction of sp³-hybridized carbons (Fsp3) is 0.160. The van der Waals surface area contributed by atoms with Gasteiger partial charge in [-0.1, -0.05) is 12.1 Å². The topological polar surface area (TPSA) is 75.4 Å². The molecule has 1 aliphatic rings. The van der Waals surface area contributed by atoms with Crippen LogP contribution in [-0.2, 0) is 12.6 Å². The van der Waals surface area contributed by atoms with Crippen molar-refractivity contribution in [1.29, 1.82) is 0 Å². The Hall–Kier alpha value is -3.92. The second-order valence-corrected chi connectivity index (χ2v) is 9.02. The second-order valence-electron chi connectivity index (χ2n) is 8.03. The van der Waals surface area contributed by atoms with E-state index in [9.17, 15) is 22.8 Å². The van der Waals surface area contributed by atoms with Crippen LogP contribution in [0.25, 0.3) is 10.6 Å². The van der Waals surface area contributed by atoms with E-state index in [1.165, 1.54) is 24.7 Å². The fourth-order valence-electron chi connectivity index (χ4n) is 3.95. The molecule has 0 aliphatic carbocycles. The number of carbonyl (C=O) groups excluding carboxylic acids is 2. The Bertz CT molecular complexity index is 1410. The molecular formula is C25H18F3N3O3S. The van der Waals surface area contributed by atoms with E-state index in [1.54, 1.807) is 30.0 Å². The molecular weight excluding hydrogens is 479 g/mol. The number of rotatable bonds is 4. The van der Waals surface area contributed by atoms with Gasteiger partial charge in [-0.2, -0.15) is 13.2 Å². The van der Waals surface area contributed by atoms with Crippen LogP contribution in [0.2, 0.25) is 0 Å². The largest absolute Gasteiger partial charge is 0.472 e. The van der Waals surface area contributed by atoms with Crippen LogP contribution in [0.4, 0.5) is 24.5 Å². The molecule has 0 saturated carbocycles. The first-order valence-corrected chi connectivity index (χ1v) is 11.5. The number of nitrogens with one attached hydrogen (secondary N) is 1. The van der Waals surface area contributed by atoms with Crippen LogP contribution in [0.5, 0.6) is 0 Å². The SMILES string of the molecule is Cc1nc(-c2ccc(C(F)(F)F)cc2)sc1C(=O)Nc1ccc2c(c1)CCN2C(=O)c1ccoc1. The molecule has 35 heavy (non-hydrogen) atoms. The van der Waals surface area contributed by atoms with Crippen LogP contribution in [-0.4, -0.2) is 23.3 Å². The Balaban J connectivity index is 1.32. The number of nitrogens with zero attached hydrogens (tertiary/aromatic N) is 2. The summed E-state index contributed by atoms with van der Waals surface area (Å²) >= 11 is 1.12. The number of anilines is 2. The number of furan rings is 1. The van der Waals surface area contributed by atoms with Crippen molar-refractivity contribution in [3.05, 3.63) is 88.3 Å². The van der Waals surface area contributed by atoms with Crippen LogP contribution >= 0.6 is 11.3 Å². The highest BCUT2D eigenvalue weighted by Crippen LogP contribution is 2.34. The lowest BCUT2D eigenvalue weighted by Crippen LogP contribution is -2.28. The van der Waals surface area contributed by atoms with E-state index >= 15 is 0 Å². The molecule has 4 aromatic rings. The van der Waals surface area contributed by atoms with Crippen LogP contribution in [0.3, 0.4) is 0 Å². The number of thiazole rings is 1. The van der Waals surface area contributed by atoms with E-state index in [-0.39, 0.29) is 11.8 Å². The predicted molar refractivity (Wildman–Crippen MR) is 126 cm³/mol. The number of aromatic nitrogens is 1. The molecule has 10 heteroatoms. The summed E-state index contributed by atoms with van der Waals surface area (Å²) < 4.78 is 43.5. The third-order valence-corrected chi connectivity index (χ3v) is 6.91. The van der Waals surface area contributed by atoms with Crippen molar-refractivity contribution in [2.45, 2.75) is 19.5 Å². The summed E-state index contributed by atoms with van der Waals surface area (Å²) in [6.45, 7) is 2.21. The summed E-state index contributed by atoms with van der Waals surface area (Å²) in [5.74, 6) is -0.507. The molecule has 3 heterocycles. The third kappa shape index (κ3) is 4.44. The average Bonchev–Trinajstić information content (AvgIpc) is 3.58. The van der Waals surface area contributed by atoms with Crippen molar-refractivity contribution in [2.24, 2.45) is 0 Å². The fourth-order valence-corrected chi connectivity index (χ4v) is 4.92. The molecule has 178 valence electrons. The van der Waals surface area contributed by atoms with Gasteiger partial charge in [0.1, 0.15) is 16.1 Å². The van der Waals surface area contributed by atoms with Crippen molar-refractivity contribution < 1.29 is 27.2 Å². The summed E-state index contributed by atoms with van der Waals surface area (Å²) in [6, 6.07) is 11.7. The van der Waals surface area contributed by atoms with E-state index < -0.39 is 11.7 Å². The normalized spacial score (nSPS) is 13.1. The van der Waals surface area contributed by atoms with Crippen LogP contribution in [0.1, 0.15) is 36.9 Å². The molecule has 5 rings (SSSR count). The van der Waals surface area contributed by atoms with E-state index in [2.05, 4.69) is 10.3 Å². The van der Waals surface area contributed by atoms with Gasteiger partial charge >= 0.3 is 6.18 Å². The molecule has 1 N–H and O–H groups in total. The molecule has 0 saturated heterocycles. The third-order valence-electron chi connectivity index (χ3n) is 5.71. The zero-order chi connectivity index (χ0) is 24.7. The standard InChI is InChI=1S/C25H18F3N3O3S/c1-14-21(35-23(29-14)15-2-4-18(5-3-15)25(26,27)28)22(32)30-19-6-7-20-16(12-19)8-10-31(20)24(33)17-9-11-34-13-17/h2-7,9,11-13H,8,10H2,1H3,(H,30,32). The summed E-state index contributed by atoms with van der Waals surface area (Å²) in [6.07, 6.45) is -0.902. The number of benzene rings is 2. The van der Waals surface area contributed by atoms with Crippen LogP contribution < -0.4 is 10.2 Å². The summed E-state index contributed by atoms with van der Waals surface area (Å²) in [7, 11) is 0. The molecule has 2 aromatic heterocycles. The molecule has 2 amide bonds. The van der Waals surface area contributed by atoms with Gasteiger partial charge in [-0.25, -0.2) is 4.98 Å². The predicted octanol–water partition coefficient (Wildman–Crippen LogP) is 6.19. The highest BCUT2D eigenvalue weighted by molar-refractivity contribution is 7.17. The van der Waals surface area contributed by atoms with E-state index in [0.717, 1.165) is 34.7 Å². The number of amides is 2. The van der Waals surface area contributed by atoms with E-state index in [1.807, 2.05) is 6.07 Å². The second kappa shape index (κ2) is 8.70. The van der Waals surface area contributed by atoms with Gasteiger partial charge in [-0.05, 0) is 55.3 Å². The van der Waals surface area contributed by atoms with Crippen molar-refractivity contribution in [3.8, 4) is 10.6 Å². The Kier molecular flexibility index (Phi) is 5.68. The quantitative estimate of drug-likeness (QED) is 0.365. The molecule has 0 fully saturated rings. The lowest BCUT2D eigenvalue weighted by Gasteiger charge is -2.16. The van der Waals surface area contributed by atoms with Gasteiger partial charge in [0.2, 0.25) is 0 Å². The number of hydrogen-bond donors (Lipinski definition) is 1. The Labute approximate surface area is 202 Å². The molecule has 6 nitrogen and oxygen atoms in total. The first kappa shape index (κ1) is 22.9. The lowest BCUT2D eigenvalue weighted by molar-refractivity contribution is -0.137. The summed E-state index contributed by atoms with van der Waals surface area (Å²) in [4.78, 5) is 32.0. The molecule has 0 unspecified atom stereocenters. The molecule has 0 spiro atoms. The minimum atomic E-state index is -4.41. The van der Waals surface area contributed by atoms with Gasteiger partial charge in [0.05, 0.1) is 23.1 Å². The molecule has 2 aromatic carbocycles. The highest BCUT2D eigenvalue weighted by Gasteiger charge is 2.30. The maximum atomic E-state index is 12.9. The van der Waals surface area contributed by atoms with Gasteiger partial charge in [0.25, 0.3) is 11.8 Å². The van der Waals surface area contributed by atoms with Crippen LogP contribution in [0.15, 0.2) is 65.5 Å². The van der Waals surface area contributed by atoms with Crippen molar-refractivity contribution in [3.63, 3.8) is 0 Å². The number of aryl methyl sites for hydroxylation is 1. The molecule has 1 aliphatic heterocycles. The van der Waals surface area contributed by atoms with E-state index in [4.69, 9.17) is 4.42 Å². The zero-order valence-electron chi connectivity index (χ0n) is 18.3. The van der Waals surface area contributed by atoms with Gasteiger partial charge in [-0.15, -0.1) is 11.3 Å². The van der Waals surface area contributed by atoms with Gasteiger partial charge in [-0.3, -0.25) is 9.59 Å². The Morgan fingerprint density at radius 2 is 1.89 bits per heavy atom. The zero-order valence-corrected chi connectivity index (χ0v) is 19.2. The maximum Gasteiger partial charge on any atom is 0.416 e. The number of carbonyl (C=O) groups is 2. The van der Waals surface area contributed by atoms with Crippen molar-refractivity contribution >= 4 is 34.5 Å². The number of alkyl halides is 3. The minimum Gasteiger partial charge on any atom is -0.472 e. The summed E-state index contributed by atoms with van der Waals surface area (Å²) in [5, 5.41) is 3.32. The van der Waals surface area contributed by atoms with Crippen LogP contribution in [0, 0.1) is 6.92 Å². The van der Waals surface area contributed by atoms with Crippen molar-refractivity contribution in [1.82, 2.24) is 4.98 Å². The van der Waals surface area contributed by atoms with Gasteiger partial charge in [0, 0.05) is 23.5 Å². The number of halogens is 3. The smallest absolute Gasteiger partial charge is 0.416 e. The summed E-state index contributed by atoms with van der Waals surface area (Å²) in [5.41, 5.74) is 3.02. The molecule has 0 radical (unpaired) electrons. The monoisotopic (exact) mass is 497 g/mol. The first-order chi connectivity index (χ1) is 16.7. The molecule has 0 atom stereocenters. The number of fused-ring (bicyclic) bond motifs is 1. The highest BCUT2D eigenvalue weighted by atomic mass is 32.1. The lowest BCUT2D eigenvalue weighted by atomic mass is 10.1. The Morgan fingerprint density at radius 1 is 1.11 bits per heavy atom. The average molecular weight is 497 g/mol. The maximum absolute atomic E-state index is 12.9. The Morgan fingerprint density at radius 3 is 2.57 bits per heavy atom. The first-order valence-electron chi connectivity index (χ1n) is 10.6. The van der Waals surface area contributed by atoms with Gasteiger partial charge in [0.15, 0.2) is 0 Å². The number of hydrogen-bond acceptors (Lipinski definition) is 5. The van der Waals surface area contributed by atoms with E-state index in [0.29, 0.717) is 45.4 Å². The molecule has 0 bridgehead atoms.